The molecule has 7 heteroatoms. The summed E-state index contributed by atoms with van der Waals surface area (Å²) < 4.78 is 5.34. The molecule has 1 saturated heterocycles. The van der Waals surface area contributed by atoms with E-state index in [-0.39, 0.29) is 25.3 Å². The first-order chi connectivity index (χ1) is 9.95. The third-order valence-electron chi connectivity index (χ3n) is 3.24. The van der Waals surface area contributed by atoms with Crippen LogP contribution in [-0.2, 0) is 20.7 Å². The number of rotatable bonds is 4. The minimum absolute atomic E-state index is 0.109. The number of nitrogens with zero attached hydrogens (tertiary/aromatic N) is 1. The number of carboxylic acid groups (broad SMARTS) is 1. The Hall–Kier alpha value is -1.30. The largest absolute Gasteiger partial charge is 0.481 e. The quantitative estimate of drug-likeness (QED) is 0.918. The number of aliphatic carboxylic acids is 1. The van der Waals surface area contributed by atoms with Gasteiger partial charge in [-0.05, 0) is 23.8 Å². The fraction of sp³-hybridized carbons (Fsp3) is 0.429. The number of hydrogen-bond acceptors (Lipinski definition) is 3. The van der Waals surface area contributed by atoms with Gasteiger partial charge >= 0.3 is 5.97 Å². The van der Waals surface area contributed by atoms with Crippen molar-refractivity contribution in [3.05, 3.63) is 33.8 Å². The average Bonchev–Trinajstić information content (AvgIpc) is 2.42. The number of halogens is 2. The predicted octanol–water partition coefficient (Wildman–Crippen LogP) is 2.24. The van der Waals surface area contributed by atoms with Crippen molar-refractivity contribution >= 4 is 35.1 Å². The van der Waals surface area contributed by atoms with Crippen molar-refractivity contribution in [2.75, 3.05) is 19.7 Å². The maximum absolute atomic E-state index is 12.3. The van der Waals surface area contributed by atoms with E-state index in [0.717, 1.165) is 0 Å². The summed E-state index contributed by atoms with van der Waals surface area (Å²) in [6, 6.07) is 4.98. The SMILES string of the molecule is O=C(O)C[C@@H]1CN(C(=O)Cc2cc(Cl)ccc2Cl)CCO1. The van der Waals surface area contributed by atoms with E-state index in [4.69, 9.17) is 33.0 Å². The predicted molar refractivity (Wildman–Crippen MR) is 78.7 cm³/mol. The summed E-state index contributed by atoms with van der Waals surface area (Å²) in [6.45, 7) is 1.07. The normalized spacial score (nSPS) is 18.6. The van der Waals surface area contributed by atoms with Crippen LogP contribution in [0.5, 0.6) is 0 Å². The van der Waals surface area contributed by atoms with Gasteiger partial charge in [0.15, 0.2) is 0 Å². The number of benzene rings is 1. The smallest absolute Gasteiger partial charge is 0.306 e. The van der Waals surface area contributed by atoms with E-state index < -0.39 is 12.1 Å². The Kier molecular flexibility index (Phi) is 5.45. The highest BCUT2D eigenvalue weighted by molar-refractivity contribution is 6.33. The van der Waals surface area contributed by atoms with Crippen LogP contribution in [0, 0.1) is 0 Å². The van der Waals surface area contributed by atoms with E-state index in [1.54, 1.807) is 23.1 Å². The van der Waals surface area contributed by atoms with E-state index in [0.29, 0.717) is 28.8 Å². The number of carboxylic acids is 1. The summed E-state index contributed by atoms with van der Waals surface area (Å²) in [7, 11) is 0. The Morgan fingerprint density at radius 1 is 1.38 bits per heavy atom. The van der Waals surface area contributed by atoms with Crippen LogP contribution in [0.3, 0.4) is 0 Å². The first-order valence-corrected chi connectivity index (χ1v) is 7.26. The number of carbonyl (C=O) groups is 2. The van der Waals surface area contributed by atoms with Gasteiger partial charge in [0.2, 0.25) is 5.91 Å². The lowest BCUT2D eigenvalue weighted by Crippen LogP contribution is -2.46. The van der Waals surface area contributed by atoms with Crippen molar-refractivity contribution in [1.82, 2.24) is 4.90 Å². The summed E-state index contributed by atoms with van der Waals surface area (Å²) >= 11 is 11.9. The van der Waals surface area contributed by atoms with Crippen molar-refractivity contribution in [3.63, 3.8) is 0 Å². The molecule has 1 atom stereocenters. The topological polar surface area (TPSA) is 66.8 Å². The van der Waals surface area contributed by atoms with Gasteiger partial charge < -0.3 is 14.7 Å². The number of hydrogen-bond donors (Lipinski definition) is 1. The van der Waals surface area contributed by atoms with Crippen LogP contribution < -0.4 is 0 Å². The van der Waals surface area contributed by atoms with Gasteiger partial charge in [-0.25, -0.2) is 0 Å². The zero-order chi connectivity index (χ0) is 15.4. The van der Waals surface area contributed by atoms with E-state index in [1.807, 2.05) is 0 Å². The molecule has 0 unspecified atom stereocenters. The summed E-state index contributed by atoms with van der Waals surface area (Å²) in [4.78, 5) is 24.6. The van der Waals surface area contributed by atoms with Gasteiger partial charge in [0.1, 0.15) is 0 Å². The molecule has 1 N–H and O–H groups in total. The molecule has 2 rings (SSSR count). The summed E-state index contributed by atoms with van der Waals surface area (Å²) in [5.41, 5.74) is 0.662. The molecule has 0 aliphatic carbocycles. The highest BCUT2D eigenvalue weighted by Crippen LogP contribution is 2.22. The third kappa shape index (κ3) is 4.59. The zero-order valence-electron chi connectivity index (χ0n) is 11.2. The maximum Gasteiger partial charge on any atom is 0.306 e. The van der Waals surface area contributed by atoms with E-state index in [2.05, 4.69) is 0 Å². The molecule has 5 nitrogen and oxygen atoms in total. The molecule has 1 fully saturated rings. The Bertz CT molecular complexity index is 550. The average molecular weight is 332 g/mol. The van der Waals surface area contributed by atoms with Crippen LogP contribution >= 0.6 is 23.2 Å². The minimum atomic E-state index is -0.938. The fourth-order valence-electron chi connectivity index (χ4n) is 2.22. The Morgan fingerprint density at radius 2 is 2.14 bits per heavy atom. The minimum Gasteiger partial charge on any atom is -0.481 e. The lowest BCUT2D eigenvalue weighted by atomic mass is 10.1. The standard InChI is InChI=1S/C14H15Cl2NO4/c15-10-1-2-12(16)9(5-10)6-13(18)17-3-4-21-11(8-17)7-14(19)20/h1-2,5,11H,3-4,6-8H2,(H,19,20)/t11-/m1/s1. The first kappa shape index (κ1) is 16.1. The van der Waals surface area contributed by atoms with Crippen LogP contribution in [0.4, 0.5) is 0 Å². The fourth-order valence-corrected chi connectivity index (χ4v) is 2.60. The molecular weight excluding hydrogens is 317 g/mol. The molecule has 1 aromatic rings. The molecular formula is C14H15Cl2NO4. The summed E-state index contributed by atoms with van der Waals surface area (Å²) in [5.74, 6) is -1.05. The lowest BCUT2D eigenvalue weighted by molar-refractivity contribution is -0.147. The molecule has 0 aromatic heterocycles. The van der Waals surface area contributed by atoms with Crippen LogP contribution in [-0.4, -0.2) is 47.7 Å². The molecule has 21 heavy (non-hydrogen) atoms. The highest BCUT2D eigenvalue weighted by Gasteiger charge is 2.26. The Morgan fingerprint density at radius 3 is 2.86 bits per heavy atom. The second-order valence-corrected chi connectivity index (χ2v) is 5.69. The monoisotopic (exact) mass is 331 g/mol. The molecule has 1 aliphatic heterocycles. The molecule has 114 valence electrons. The number of morpholine rings is 1. The van der Waals surface area contributed by atoms with Gasteiger partial charge in [-0.2, -0.15) is 0 Å². The summed E-state index contributed by atoms with van der Waals surface area (Å²) in [5, 5.41) is 9.79. The van der Waals surface area contributed by atoms with Crippen molar-refractivity contribution in [3.8, 4) is 0 Å². The van der Waals surface area contributed by atoms with Crippen LogP contribution in [0.25, 0.3) is 0 Å². The number of ether oxygens (including phenoxy) is 1. The molecule has 1 heterocycles. The van der Waals surface area contributed by atoms with Gasteiger partial charge in [-0.3, -0.25) is 9.59 Å². The van der Waals surface area contributed by atoms with E-state index in [1.165, 1.54) is 0 Å². The Balaban J connectivity index is 1.99. The maximum atomic E-state index is 12.3. The second kappa shape index (κ2) is 7.11. The van der Waals surface area contributed by atoms with Gasteiger partial charge in [0.05, 0.1) is 25.6 Å². The van der Waals surface area contributed by atoms with Crippen molar-refractivity contribution in [2.24, 2.45) is 0 Å². The molecule has 1 aliphatic rings. The van der Waals surface area contributed by atoms with E-state index in [9.17, 15) is 9.59 Å². The van der Waals surface area contributed by atoms with Crippen LogP contribution in [0.1, 0.15) is 12.0 Å². The van der Waals surface area contributed by atoms with Crippen LogP contribution in [0.2, 0.25) is 10.0 Å². The molecule has 1 aromatic carbocycles. The van der Waals surface area contributed by atoms with Crippen LogP contribution in [0.15, 0.2) is 18.2 Å². The van der Waals surface area contributed by atoms with Crippen molar-refractivity contribution in [1.29, 1.82) is 0 Å². The third-order valence-corrected chi connectivity index (χ3v) is 3.85. The molecule has 1 amide bonds. The molecule has 0 spiro atoms. The highest BCUT2D eigenvalue weighted by atomic mass is 35.5. The van der Waals surface area contributed by atoms with Crippen molar-refractivity contribution < 1.29 is 19.4 Å². The van der Waals surface area contributed by atoms with Gasteiger partial charge in [0.25, 0.3) is 0 Å². The van der Waals surface area contributed by atoms with Gasteiger partial charge in [-0.1, -0.05) is 23.2 Å². The molecule has 0 bridgehead atoms. The first-order valence-electron chi connectivity index (χ1n) is 6.51. The lowest BCUT2D eigenvalue weighted by Gasteiger charge is -2.32. The van der Waals surface area contributed by atoms with Gasteiger partial charge in [0, 0.05) is 23.1 Å². The summed E-state index contributed by atoms with van der Waals surface area (Å²) in [6.07, 6.45) is -0.434. The number of amides is 1. The van der Waals surface area contributed by atoms with E-state index >= 15 is 0 Å². The molecule has 0 saturated carbocycles. The van der Waals surface area contributed by atoms with Gasteiger partial charge in [-0.15, -0.1) is 0 Å². The Labute approximate surface area is 132 Å². The molecule has 0 radical (unpaired) electrons. The number of carbonyl (C=O) groups excluding carboxylic acids is 1. The second-order valence-electron chi connectivity index (χ2n) is 4.84. The zero-order valence-corrected chi connectivity index (χ0v) is 12.7. The van der Waals surface area contributed by atoms with Crippen molar-refractivity contribution in [2.45, 2.75) is 18.9 Å².